The fourth-order valence-electron chi connectivity index (χ4n) is 2.57. The third-order valence-corrected chi connectivity index (χ3v) is 3.80. The van der Waals surface area contributed by atoms with Gasteiger partial charge in [0.2, 0.25) is 5.91 Å². The van der Waals surface area contributed by atoms with Gasteiger partial charge in [-0.15, -0.1) is 0 Å². The van der Waals surface area contributed by atoms with Gasteiger partial charge in [0, 0.05) is 32.6 Å². The highest BCUT2D eigenvalue weighted by atomic mass is 16.5. The molecule has 1 aliphatic heterocycles. The third kappa shape index (κ3) is 4.63. The highest BCUT2D eigenvalue weighted by Gasteiger charge is 2.15. The van der Waals surface area contributed by atoms with Crippen molar-refractivity contribution in [3.8, 4) is 11.5 Å². The molecule has 0 aliphatic carbocycles. The van der Waals surface area contributed by atoms with Gasteiger partial charge in [-0.25, -0.2) is 0 Å². The van der Waals surface area contributed by atoms with E-state index in [2.05, 4.69) is 5.32 Å². The Morgan fingerprint density at radius 3 is 2.95 bits per heavy atom. The number of nitrogens with one attached hydrogen (secondary N) is 1. The number of phenols is 1. The van der Waals surface area contributed by atoms with Crippen LogP contribution in [0.15, 0.2) is 18.2 Å². The Kier molecular flexibility index (Phi) is 5.87. The molecular weight excluding hydrogens is 268 g/mol. The van der Waals surface area contributed by atoms with Gasteiger partial charge in [-0.05, 0) is 30.5 Å². The molecule has 1 aromatic carbocycles. The van der Waals surface area contributed by atoms with Gasteiger partial charge in [0.1, 0.15) is 0 Å². The number of hydrogen-bond donors (Lipinski definition) is 2. The highest BCUT2D eigenvalue weighted by Crippen LogP contribution is 2.25. The van der Waals surface area contributed by atoms with E-state index in [0.29, 0.717) is 18.7 Å². The molecule has 0 atom stereocenters. The molecule has 116 valence electrons. The minimum atomic E-state index is 0.152. The average molecular weight is 292 g/mol. The van der Waals surface area contributed by atoms with Gasteiger partial charge in [0.25, 0.3) is 0 Å². The van der Waals surface area contributed by atoms with Crippen molar-refractivity contribution in [3.05, 3.63) is 23.8 Å². The Labute approximate surface area is 125 Å². The van der Waals surface area contributed by atoms with E-state index in [0.717, 1.165) is 44.5 Å². The minimum absolute atomic E-state index is 0.152. The predicted octanol–water partition coefficient (Wildman–Crippen LogP) is 1.89. The van der Waals surface area contributed by atoms with Crippen LogP contribution in [-0.4, -0.2) is 42.7 Å². The number of phenolic OH excluding ortho intramolecular Hbond substituents is 1. The second kappa shape index (κ2) is 7.88. The number of likely N-dealkylation sites (tertiary alicyclic amines) is 1. The first-order chi connectivity index (χ1) is 10.2. The number of amides is 1. The summed E-state index contributed by atoms with van der Waals surface area (Å²) < 4.78 is 5.01. The topological polar surface area (TPSA) is 61.8 Å². The van der Waals surface area contributed by atoms with Gasteiger partial charge in [-0.1, -0.05) is 12.5 Å². The molecule has 1 saturated heterocycles. The molecule has 0 spiro atoms. The minimum Gasteiger partial charge on any atom is -0.504 e. The Morgan fingerprint density at radius 2 is 2.19 bits per heavy atom. The molecule has 0 aromatic heterocycles. The Hall–Kier alpha value is -1.75. The largest absolute Gasteiger partial charge is 0.504 e. The molecule has 1 fully saturated rings. The second-order valence-electron chi connectivity index (χ2n) is 5.37. The summed E-state index contributed by atoms with van der Waals surface area (Å²) in [4.78, 5) is 13.8. The number of carbonyl (C=O) groups excluding carboxylic acids is 1. The summed E-state index contributed by atoms with van der Waals surface area (Å²) in [6.45, 7) is 3.06. The van der Waals surface area contributed by atoms with Crippen LogP contribution in [0, 0.1) is 0 Å². The van der Waals surface area contributed by atoms with E-state index >= 15 is 0 Å². The third-order valence-electron chi connectivity index (χ3n) is 3.80. The lowest BCUT2D eigenvalue weighted by atomic mass is 10.2. The van der Waals surface area contributed by atoms with E-state index in [9.17, 15) is 9.90 Å². The summed E-state index contributed by atoms with van der Waals surface area (Å²) >= 11 is 0. The Morgan fingerprint density at radius 1 is 1.33 bits per heavy atom. The van der Waals surface area contributed by atoms with Crippen molar-refractivity contribution in [2.75, 3.05) is 26.7 Å². The molecule has 5 nitrogen and oxygen atoms in total. The summed E-state index contributed by atoms with van der Waals surface area (Å²) in [5, 5.41) is 13.0. The standard InChI is InChI=1S/C16H24N2O3/c1-21-15-7-6-13(11-14(15)19)12-17-8-10-18-9-4-2-3-5-16(18)20/h6-7,11,17,19H,2-5,8-10,12H2,1H3. The van der Waals surface area contributed by atoms with Crippen LogP contribution >= 0.6 is 0 Å². The van der Waals surface area contributed by atoms with Crippen molar-refractivity contribution in [2.45, 2.75) is 32.2 Å². The number of aromatic hydroxyl groups is 1. The van der Waals surface area contributed by atoms with Crippen LogP contribution in [0.4, 0.5) is 0 Å². The number of ether oxygens (including phenoxy) is 1. The zero-order valence-corrected chi connectivity index (χ0v) is 12.6. The monoisotopic (exact) mass is 292 g/mol. The van der Waals surface area contributed by atoms with E-state index in [-0.39, 0.29) is 11.7 Å². The maximum atomic E-state index is 11.8. The lowest BCUT2D eigenvalue weighted by Gasteiger charge is -2.20. The SMILES string of the molecule is COc1ccc(CNCCN2CCCCCC2=O)cc1O. The van der Waals surface area contributed by atoms with Gasteiger partial charge in [-0.3, -0.25) is 4.79 Å². The van der Waals surface area contributed by atoms with Crippen molar-refractivity contribution in [2.24, 2.45) is 0 Å². The molecule has 0 radical (unpaired) electrons. The molecule has 2 N–H and O–H groups in total. The van der Waals surface area contributed by atoms with Crippen molar-refractivity contribution >= 4 is 5.91 Å². The molecular formula is C16H24N2O3. The summed E-state index contributed by atoms with van der Waals surface area (Å²) in [7, 11) is 1.53. The number of nitrogens with zero attached hydrogens (tertiary/aromatic N) is 1. The maximum absolute atomic E-state index is 11.8. The first-order valence-electron chi connectivity index (χ1n) is 7.55. The summed E-state index contributed by atoms with van der Waals surface area (Å²) in [6.07, 6.45) is 3.97. The van der Waals surface area contributed by atoms with Gasteiger partial charge < -0.3 is 20.1 Å². The average Bonchev–Trinajstić information content (AvgIpc) is 2.68. The van der Waals surface area contributed by atoms with Crippen LogP contribution in [0.1, 0.15) is 31.2 Å². The molecule has 1 amide bonds. The number of rotatable bonds is 6. The number of hydrogen-bond acceptors (Lipinski definition) is 4. The molecule has 21 heavy (non-hydrogen) atoms. The Bertz CT molecular complexity index is 477. The van der Waals surface area contributed by atoms with Crippen molar-refractivity contribution < 1.29 is 14.6 Å². The number of benzene rings is 1. The van der Waals surface area contributed by atoms with Crippen LogP contribution in [0.3, 0.4) is 0 Å². The molecule has 0 bridgehead atoms. The quantitative estimate of drug-likeness (QED) is 0.786. The molecule has 1 aromatic rings. The molecule has 2 rings (SSSR count). The first kappa shape index (κ1) is 15.6. The Balaban J connectivity index is 1.74. The maximum Gasteiger partial charge on any atom is 0.222 e. The van der Waals surface area contributed by atoms with Gasteiger partial charge in [0.15, 0.2) is 11.5 Å². The van der Waals surface area contributed by atoms with E-state index in [1.807, 2.05) is 11.0 Å². The van der Waals surface area contributed by atoms with Crippen molar-refractivity contribution in [1.82, 2.24) is 10.2 Å². The summed E-state index contributed by atoms with van der Waals surface area (Å²) in [6, 6.07) is 5.37. The number of methoxy groups -OCH3 is 1. The van der Waals surface area contributed by atoms with Crippen LogP contribution < -0.4 is 10.1 Å². The van der Waals surface area contributed by atoms with Crippen LogP contribution in [0.25, 0.3) is 0 Å². The van der Waals surface area contributed by atoms with Crippen LogP contribution in [0.5, 0.6) is 11.5 Å². The smallest absolute Gasteiger partial charge is 0.222 e. The zero-order chi connectivity index (χ0) is 15.1. The van der Waals surface area contributed by atoms with Crippen molar-refractivity contribution in [1.29, 1.82) is 0 Å². The molecule has 0 saturated carbocycles. The van der Waals surface area contributed by atoms with Gasteiger partial charge in [0.05, 0.1) is 7.11 Å². The molecule has 1 aliphatic rings. The normalized spacial score (nSPS) is 15.9. The van der Waals surface area contributed by atoms with E-state index in [1.54, 1.807) is 12.1 Å². The molecule has 5 heteroatoms. The second-order valence-corrected chi connectivity index (χ2v) is 5.37. The highest BCUT2D eigenvalue weighted by molar-refractivity contribution is 5.76. The fraction of sp³-hybridized carbons (Fsp3) is 0.562. The fourth-order valence-corrected chi connectivity index (χ4v) is 2.57. The first-order valence-corrected chi connectivity index (χ1v) is 7.55. The van der Waals surface area contributed by atoms with Crippen molar-refractivity contribution in [3.63, 3.8) is 0 Å². The van der Waals surface area contributed by atoms with E-state index in [4.69, 9.17) is 4.74 Å². The number of carbonyl (C=O) groups is 1. The lowest BCUT2D eigenvalue weighted by molar-refractivity contribution is -0.130. The van der Waals surface area contributed by atoms with Gasteiger partial charge >= 0.3 is 0 Å². The predicted molar refractivity (Wildman–Crippen MR) is 81.4 cm³/mol. The van der Waals surface area contributed by atoms with E-state index in [1.165, 1.54) is 7.11 Å². The summed E-state index contributed by atoms with van der Waals surface area (Å²) in [5.74, 6) is 0.907. The van der Waals surface area contributed by atoms with E-state index < -0.39 is 0 Å². The molecule has 0 unspecified atom stereocenters. The molecule has 1 heterocycles. The van der Waals surface area contributed by atoms with Crippen LogP contribution in [0.2, 0.25) is 0 Å². The summed E-state index contributed by atoms with van der Waals surface area (Å²) in [5.41, 5.74) is 0.996. The van der Waals surface area contributed by atoms with Crippen LogP contribution in [-0.2, 0) is 11.3 Å². The zero-order valence-electron chi connectivity index (χ0n) is 12.6. The van der Waals surface area contributed by atoms with Gasteiger partial charge in [-0.2, -0.15) is 0 Å². The lowest BCUT2D eigenvalue weighted by Crippen LogP contribution is -2.36.